The van der Waals surface area contributed by atoms with Crippen LogP contribution < -0.4 is 0 Å². The largest absolute Gasteiger partial charge is 0.416 e. The van der Waals surface area contributed by atoms with E-state index >= 15 is 0 Å². The van der Waals surface area contributed by atoms with Gasteiger partial charge in [0.25, 0.3) is 0 Å². The van der Waals surface area contributed by atoms with Crippen molar-refractivity contribution in [1.82, 2.24) is 9.13 Å². The van der Waals surface area contributed by atoms with Gasteiger partial charge in [0, 0.05) is 32.9 Å². The average Bonchev–Trinajstić information content (AvgIpc) is 3.86. The average molecular weight is 983 g/mol. The lowest BCUT2D eigenvalue weighted by Crippen LogP contribution is -2.04. The van der Waals surface area contributed by atoms with Crippen LogP contribution in [0.5, 0.6) is 0 Å². The summed E-state index contributed by atoms with van der Waals surface area (Å²) in [6, 6.07) is 39.1. The van der Waals surface area contributed by atoms with Crippen molar-refractivity contribution in [3.63, 3.8) is 0 Å². The van der Waals surface area contributed by atoms with Crippen LogP contribution in [-0.2, 0) is 24.7 Å². The van der Waals surface area contributed by atoms with Crippen molar-refractivity contribution in [3.05, 3.63) is 191 Å². The number of nitrogens with zero attached hydrogens (tertiary/aromatic N) is 4. The summed E-state index contributed by atoms with van der Waals surface area (Å²) in [5.74, 6) is 0. The molecule has 9 aromatic carbocycles. The molecule has 0 spiro atoms. The van der Waals surface area contributed by atoms with Crippen LogP contribution >= 0.6 is 0 Å². The number of hydrogen-bond acceptors (Lipinski definition) is 2. The van der Waals surface area contributed by atoms with Gasteiger partial charge in [-0.15, -0.1) is 0 Å². The highest BCUT2D eigenvalue weighted by Crippen LogP contribution is 2.48. The smallest absolute Gasteiger partial charge is 0.309 e. The third-order valence-electron chi connectivity index (χ3n) is 13.0. The van der Waals surface area contributed by atoms with Crippen LogP contribution in [0.4, 0.5) is 52.7 Å². The van der Waals surface area contributed by atoms with E-state index in [9.17, 15) is 63.2 Å². The van der Waals surface area contributed by atoms with Crippen molar-refractivity contribution in [2.75, 3.05) is 0 Å². The van der Waals surface area contributed by atoms with Gasteiger partial charge in [-0.25, -0.2) is 0 Å². The van der Waals surface area contributed by atoms with E-state index in [2.05, 4.69) is 12.1 Å². The van der Waals surface area contributed by atoms with E-state index in [4.69, 9.17) is 0 Å². The molecule has 0 saturated heterocycles. The second kappa shape index (κ2) is 15.9. The van der Waals surface area contributed by atoms with Crippen LogP contribution in [0, 0.1) is 22.7 Å². The second-order valence-corrected chi connectivity index (χ2v) is 17.2. The lowest BCUT2D eigenvalue weighted by atomic mass is 9.85. The molecular weight excluding hydrogens is 957 g/mol. The molecule has 2 aromatic heterocycles. The van der Waals surface area contributed by atoms with Crippen molar-refractivity contribution in [2.45, 2.75) is 24.7 Å². The highest BCUT2D eigenvalue weighted by Gasteiger charge is 2.35. The van der Waals surface area contributed by atoms with Crippen molar-refractivity contribution >= 4 is 65.2 Å². The van der Waals surface area contributed by atoms with Gasteiger partial charge in [0.05, 0.1) is 67.6 Å². The van der Waals surface area contributed by atoms with E-state index in [1.807, 2.05) is 0 Å². The maximum absolute atomic E-state index is 14.1. The standard InChI is InChI=1S/C56H26F12N4/c57-53(58,59)33-9-17-47-41(21-33)42-22-34(54(60,61)62)10-18-48(42)71(47)37-14-16-40-45(25-37)51(31-5-1-29(27-69)2-6-31)39-15-13-38(26-46(39)52(40)32-7-3-30(28-70)4-8-32)72-49-19-11-35(55(63,64)65)23-43(49)44-24-36(56(66,67)68)12-20-50(44)72/h1-26H. The lowest BCUT2D eigenvalue weighted by Gasteiger charge is -2.21. The van der Waals surface area contributed by atoms with Gasteiger partial charge in [-0.2, -0.15) is 63.2 Å². The summed E-state index contributed by atoms with van der Waals surface area (Å²) in [7, 11) is 0. The first-order valence-corrected chi connectivity index (χ1v) is 21.6. The lowest BCUT2D eigenvalue weighted by molar-refractivity contribution is -0.138. The zero-order valence-corrected chi connectivity index (χ0v) is 36.3. The van der Waals surface area contributed by atoms with Gasteiger partial charge in [0.15, 0.2) is 0 Å². The fourth-order valence-electron chi connectivity index (χ4n) is 9.84. The Morgan fingerprint density at radius 2 is 0.569 bits per heavy atom. The van der Waals surface area contributed by atoms with Crippen molar-refractivity contribution in [3.8, 4) is 45.8 Å². The third-order valence-corrected chi connectivity index (χ3v) is 13.0. The molecule has 2 heterocycles. The first-order valence-electron chi connectivity index (χ1n) is 21.6. The topological polar surface area (TPSA) is 57.4 Å². The molecule has 0 bridgehead atoms. The van der Waals surface area contributed by atoms with Gasteiger partial charge in [0.1, 0.15) is 0 Å². The summed E-state index contributed by atoms with van der Waals surface area (Å²) in [6.45, 7) is 0. The van der Waals surface area contributed by atoms with Crippen LogP contribution in [-0.4, -0.2) is 9.13 Å². The number of rotatable bonds is 4. The summed E-state index contributed by atoms with van der Waals surface area (Å²) >= 11 is 0. The Bertz CT molecular complexity index is 3750. The normalized spacial score (nSPS) is 12.7. The summed E-state index contributed by atoms with van der Waals surface area (Å²) in [4.78, 5) is 0. The summed E-state index contributed by atoms with van der Waals surface area (Å²) in [5, 5.41) is 21.3. The Labute approximate surface area is 398 Å². The van der Waals surface area contributed by atoms with Gasteiger partial charge in [-0.05, 0) is 165 Å². The van der Waals surface area contributed by atoms with Gasteiger partial charge in [0.2, 0.25) is 0 Å². The van der Waals surface area contributed by atoms with E-state index in [-0.39, 0.29) is 43.6 Å². The van der Waals surface area contributed by atoms with Crippen LogP contribution in [0.2, 0.25) is 0 Å². The summed E-state index contributed by atoms with van der Waals surface area (Å²) in [5.41, 5.74) is 0.0163. The molecule has 11 aromatic rings. The van der Waals surface area contributed by atoms with Crippen molar-refractivity contribution in [1.29, 1.82) is 10.5 Å². The summed E-state index contributed by atoms with van der Waals surface area (Å²) in [6.07, 6.45) is -19.3. The number of nitriles is 2. The maximum atomic E-state index is 14.1. The van der Waals surface area contributed by atoms with E-state index in [1.165, 1.54) is 24.3 Å². The number of alkyl halides is 12. The van der Waals surface area contributed by atoms with Crippen LogP contribution in [0.15, 0.2) is 158 Å². The Morgan fingerprint density at radius 1 is 0.292 bits per heavy atom. The zero-order valence-electron chi connectivity index (χ0n) is 36.3. The van der Waals surface area contributed by atoms with Gasteiger partial charge in [-0.1, -0.05) is 36.4 Å². The highest BCUT2D eigenvalue weighted by atomic mass is 19.4. The van der Waals surface area contributed by atoms with Crippen LogP contribution in [0.25, 0.3) is 98.8 Å². The molecule has 16 heteroatoms. The van der Waals surface area contributed by atoms with E-state index < -0.39 is 47.0 Å². The molecule has 0 unspecified atom stereocenters. The fraction of sp³-hybridized carbons (Fsp3) is 0.0714. The molecular formula is C56H26F12N4. The molecule has 0 N–H and O–H groups in total. The first-order chi connectivity index (χ1) is 34.1. The van der Waals surface area contributed by atoms with Gasteiger partial charge in [-0.3, -0.25) is 0 Å². The predicted octanol–water partition coefficient (Wildman–Crippen LogP) is 17.3. The van der Waals surface area contributed by atoms with Crippen molar-refractivity contribution < 1.29 is 52.7 Å². The van der Waals surface area contributed by atoms with E-state index in [0.717, 1.165) is 48.5 Å². The first kappa shape index (κ1) is 45.7. The third kappa shape index (κ3) is 7.40. The molecule has 72 heavy (non-hydrogen) atoms. The SMILES string of the molecule is N#Cc1ccc(-c2c3ccc(-n4c5ccc(C(F)(F)F)cc5c5cc(C(F)(F)F)ccc54)cc3c(-c3ccc(C#N)cc3)c3ccc(-n4c5ccc(C(F)(F)F)cc5c5cc(C(F)(F)F)ccc54)cc23)cc1. The molecule has 354 valence electrons. The molecule has 0 atom stereocenters. The van der Waals surface area contributed by atoms with Crippen LogP contribution in [0.3, 0.4) is 0 Å². The minimum absolute atomic E-state index is 0.0861. The maximum Gasteiger partial charge on any atom is 0.416 e. The van der Waals surface area contributed by atoms with Crippen LogP contribution in [0.1, 0.15) is 33.4 Å². The second-order valence-electron chi connectivity index (χ2n) is 17.2. The molecule has 0 fully saturated rings. The van der Waals surface area contributed by atoms with Gasteiger partial charge >= 0.3 is 24.7 Å². The highest BCUT2D eigenvalue weighted by molar-refractivity contribution is 6.22. The van der Waals surface area contributed by atoms with Gasteiger partial charge < -0.3 is 9.13 Å². The molecule has 0 aliphatic carbocycles. The molecule has 0 aliphatic rings. The summed E-state index contributed by atoms with van der Waals surface area (Å²) < 4.78 is 173. The van der Waals surface area contributed by atoms with Crippen molar-refractivity contribution in [2.24, 2.45) is 0 Å². The molecule has 0 saturated carbocycles. The molecule has 0 radical (unpaired) electrons. The zero-order chi connectivity index (χ0) is 50.8. The Hall–Kier alpha value is -8.76. The Morgan fingerprint density at radius 3 is 0.819 bits per heavy atom. The minimum Gasteiger partial charge on any atom is -0.309 e. The van der Waals surface area contributed by atoms with E-state index in [0.29, 0.717) is 66.3 Å². The number of benzene rings is 9. The molecule has 4 nitrogen and oxygen atoms in total. The number of aromatic nitrogens is 2. The minimum atomic E-state index is -4.82. The fourth-order valence-corrected chi connectivity index (χ4v) is 9.84. The number of hydrogen-bond donors (Lipinski definition) is 0. The Kier molecular flexibility index (Phi) is 10.1. The Balaban J connectivity index is 1.25. The number of halogens is 12. The molecule has 11 rings (SSSR count). The quantitative estimate of drug-likeness (QED) is 0.130. The predicted molar refractivity (Wildman–Crippen MR) is 250 cm³/mol. The monoisotopic (exact) mass is 982 g/mol. The molecule has 0 aliphatic heterocycles. The molecule has 0 amide bonds. The number of fused-ring (bicyclic) bond motifs is 8. The van der Waals surface area contributed by atoms with E-state index in [1.54, 1.807) is 94.1 Å².